The van der Waals surface area contributed by atoms with Crippen LogP contribution in [-0.2, 0) is 16.2 Å². The van der Waals surface area contributed by atoms with E-state index in [0.29, 0.717) is 16.4 Å². The molecule has 2 aromatic carbocycles. The van der Waals surface area contributed by atoms with Crippen LogP contribution in [0.25, 0.3) is 10.1 Å². The number of carbonyl (C=O) groups excluding carboxylic acids is 2. The molecule has 0 radical (unpaired) electrons. The van der Waals surface area contributed by atoms with Crippen LogP contribution in [-0.4, -0.2) is 25.9 Å². The van der Waals surface area contributed by atoms with Crippen LogP contribution >= 0.6 is 11.3 Å². The molecule has 0 spiro atoms. The number of hydroxylamine groups is 1. The second kappa shape index (κ2) is 9.34. The van der Waals surface area contributed by atoms with Crippen LogP contribution in [0.4, 0.5) is 0 Å². The molecule has 1 amide bonds. The zero-order valence-electron chi connectivity index (χ0n) is 15.7. The molecule has 0 fully saturated rings. The van der Waals surface area contributed by atoms with E-state index in [1.165, 1.54) is 11.3 Å². The molecule has 7 heteroatoms. The van der Waals surface area contributed by atoms with Crippen LogP contribution < -0.4 is 15.0 Å². The molecule has 0 bridgehead atoms. The van der Waals surface area contributed by atoms with Crippen molar-refractivity contribution in [3.05, 3.63) is 59.0 Å². The van der Waals surface area contributed by atoms with Gasteiger partial charge in [-0.2, -0.15) is 0 Å². The second-order valence-electron chi connectivity index (χ2n) is 6.08. The number of ketones is 1. The predicted molar refractivity (Wildman–Crippen MR) is 108 cm³/mol. The summed E-state index contributed by atoms with van der Waals surface area (Å²) >= 11 is 1.37. The van der Waals surface area contributed by atoms with Gasteiger partial charge in [-0.15, -0.1) is 11.3 Å². The molecule has 0 aliphatic heterocycles. The monoisotopic (exact) mass is 399 g/mol. The number of rotatable bonds is 9. The van der Waals surface area contributed by atoms with Crippen molar-refractivity contribution in [2.75, 3.05) is 14.2 Å². The second-order valence-corrected chi connectivity index (χ2v) is 7.16. The van der Waals surface area contributed by atoms with Crippen molar-refractivity contribution in [3.8, 4) is 11.5 Å². The number of hydrogen-bond donors (Lipinski definition) is 1. The third-order valence-corrected chi connectivity index (χ3v) is 5.28. The lowest BCUT2D eigenvalue weighted by Gasteiger charge is -2.06. The van der Waals surface area contributed by atoms with Crippen LogP contribution in [0.1, 0.15) is 28.1 Å². The van der Waals surface area contributed by atoms with Crippen LogP contribution in [0.15, 0.2) is 48.5 Å². The molecule has 1 heterocycles. The van der Waals surface area contributed by atoms with E-state index in [4.69, 9.17) is 14.3 Å². The minimum atomic E-state index is -0.325. The lowest BCUT2D eigenvalue weighted by atomic mass is 10.1. The molecule has 1 aromatic heterocycles. The molecule has 3 aromatic rings. The molecule has 3 rings (SSSR count). The molecule has 0 unspecified atom stereocenters. The Morgan fingerprint density at radius 2 is 1.68 bits per heavy atom. The van der Waals surface area contributed by atoms with Crippen LogP contribution in [0.5, 0.6) is 11.5 Å². The van der Waals surface area contributed by atoms with Crippen LogP contribution in [0.3, 0.4) is 0 Å². The van der Waals surface area contributed by atoms with Gasteiger partial charge in [0.05, 0.1) is 25.7 Å². The summed E-state index contributed by atoms with van der Waals surface area (Å²) < 4.78 is 11.5. The Bertz CT molecular complexity index is 927. The summed E-state index contributed by atoms with van der Waals surface area (Å²) in [5.74, 6) is 0.818. The van der Waals surface area contributed by atoms with E-state index >= 15 is 0 Å². The molecule has 146 valence electrons. The number of thiophene rings is 1. The number of amides is 1. The summed E-state index contributed by atoms with van der Waals surface area (Å²) in [5.41, 5.74) is 3.33. The van der Waals surface area contributed by atoms with Crippen molar-refractivity contribution >= 4 is 33.1 Å². The largest absolute Gasteiger partial charge is 0.493 e. The molecule has 0 aliphatic rings. The highest BCUT2D eigenvalue weighted by Crippen LogP contribution is 2.36. The number of methoxy groups -OCH3 is 2. The SMILES string of the molecule is COc1cc2cc(C(=O)CCC(=O)NOCc3ccccc3)sc2cc1OC. The van der Waals surface area contributed by atoms with Crippen molar-refractivity contribution in [3.63, 3.8) is 0 Å². The summed E-state index contributed by atoms with van der Waals surface area (Å²) in [6.07, 6.45) is 0.177. The number of ether oxygens (including phenoxy) is 2. The Morgan fingerprint density at radius 1 is 0.964 bits per heavy atom. The number of Topliss-reactive ketones (excluding diaryl/α,β-unsaturated/α-hetero) is 1. The van der Waals surface area contributed by atoms with Crippen LogP contribution in [0, 0.1) is 0 Å². The van der Waals surface area contributed by atoms with E-state index in [9.17, 15) is 9.59 Å². The first-order chi connectivity index (χ1) is 13.6. The van der Waals surface area contributed by atoms with Gasteiger partial charge in [0.15, 0.2) is 17.3 Å². The third kappa shape index (κ3) is 4.88. The highest BCUT2D eigenvalue weighted by molar-refractivity contribution is 7.20. The normalized spacial score (nSPS) is 10.6. The third-order valence-electron chi connectivity index (χ3n) is 4.14. The average molecular weight is 399 g/mol. The number of hydrogen-bond acceptors (Lipinski definition) is 6. The summed E-state index contributed by atoms with van der Waals surface area (Å²) in [6, 6.07) is 15.0. The lowest BCUT2D eigenvalue weighted by Crippen LogP contribution is -2.23. The molecule has 28 heavy (non-hydrogen) atoms. The molecule has 0 aliphatic carbocycles. The van der Waals surface area contributed by atoms with Crippen molar-refractivity contribution < 1.29 is 23.9 Å². The van der Waals surface area contributed by atoms with E-state index < -0.39 is 0 Å². The molecule has 0 atom stereocenters. The van der Waals surface area contributed by atoms with E-state index in [1.807, 2.05) is 48.5 Å². The molecule has 0 saturated carbocycles. The van der Waals surface area contributed by atoms with E-state index in [1.54, 1.807) is 14.2 Å². The maximum atomic E-state index is 12.5. The van der Waals surface area contributed by atoms with Gasteiger partial charge in [0.25, 0.3) is 0 Å². The van der Waals surface area contributed by atoms with Crippen molar-refractivity contribution in [1.29, 1.82) is 0 Å². The number of carbonyl (C=O) groups is 2. The van der Waals surface area contributed by atoms with E-state index in [2.05, 4.69) is 5.48 Å². The highest BCUT2D eigenvalue weighted by Gasteiger charge is 2.15. The Morgan fingerprint density at radius 3 is 2.39 bits per heavy atom. The average Bonchev–Trinajstić information content (AvgIpc) is 3.14. The molecule has 0 saturated heterocycles. The van der Waals surface area contributed by atoms with Crippen LogP contribution in [0.2, 0.25) is 0 Å². The Labute approximate surface area is 167 Å². The van der Waals surface area contributed by atoms with Gasteiger partial charge in [0.2, 0.25) is 5.91 Å². The Hall–Kier alpha value is -2.90. The fraction of sp³-hybridized carbons (Fsp3) is 0.238. The first-order valence-corrected chi connectivity index (χ1v) is 9.55. The van der Waals surface area contributed by atoms with Gasteiger partial charge in [0.1, 0.15) is 0 Å². The highest BCUT2D eigenvalue weighted by atomic mass is 32.1. The first kappa shape index (κ1) is 19.9. The molecular weight excluding hydrogens is 378 g/mol. The predicted octanol–water partition coefficient (Wildman–Crippen LogP) is 4.13. The lowest BCUT2D eigenvalue weighted by molar-refractivity contribution is -0.134. The van der Waals surface area contributed by atoms with Gasteiger partial charge >= 0.3 is 0 Å². The fourth-order valence-corrected chi connectivity index (χ4v) is 3.72. The van der Waals surface area contributed by atoms with Crippen molar-refractivity contribution in [2.24, 2.45) is 0 Å². The van der Waals surface area contributed by atoms with Gasteiger partial charge < -0.3 is 9.47 Å². The first-order valence-electron chi connectivity index (χ1n) is 8.74. The summed E-state index contributed by atoms with van der Waals surface area (Å²) in [4.78, 5) is 30.1. The minimum absolute atomic E-state index is 0.0640. The summed E-state index contributed by atoms with van der Waals surface area (Å²) in [5, 5.41) is 0.904. The minimum Gasteiger partial charge on any atom is -0.493 e. The molecule has 1 N–H and O–H groups in total. The Balaban J connectivity index is 1.53. The van der Waals surface area contributed by atoms with Crippen molar-refractivity contribution in [2.45, 2.75) is 19.4 Å². The van der Waals surface area contributed by atoms with Gasteiger partial charge in [-0.05, 0) is 23.1 Å². The zero-order chi connectivity index (χ0) is 19.9. The van der Waals surface area contributed by atoms with Gasteiger partial charge in [0, 0.05) is 23.6 Å². The summed E-state index contributed by atoms with van der Waals surface area (Å²) in [6.45, 7) is 0.278. The number of nitrogens with one attached hydrogen (secondary N) is 1. The standard InChI is InChI=1S/C21H21NO5S/c1-25-17-10-15-11-20(28-19(15)12-18(17)26-2)16(23)8-9-21(24)22-27-13-14-6-4-3-5-7-14/h3-7,10-12H,8-9,13H2,1-2H3,(H,22,24). The Kier molecular flexibility index (Phi) is 6.62. The number of benzene rings is 2. The topological polar surface area (TPSA) is 73.9 Å². The molecule has 6 nitrogen and oxygen atoms in total. The smallest absolute Gasteiger partial charge is 0.243 e. The maximum Gasteiger partial charge on any atom is 0.243 e. The van der Waals surface area contributed by atoms with Gasteiger partial charge in [-0.1, -0.05) is 30.3 Å². The fourth-order valence-electron chi connectivity index (χ4n) is 2.68. The molecular formula is C21H21NO5S. The quantitative estimate of drug-likeness (QED) is 0.433. The van der Waals surface area contributed by atoms with E-state index in [0.717, 1.165) is 15.6 Å². The zero-order valence-corrected chi connectivity index (χ0v) is 16.5. The van der Waals surface area contributed by atoms with Gasteiger partial charge in [-0.25, -0.2) is 5.48 Å². The van der Waals surface area contributed by atoms with E-state index in [-0.39, 0.29) is 31.1 Å². The maximum absolute atomic E-state index is 12.5. The number of fused-ring (bicyclic) bond motifs is 1. The van der Waals surface area contributed by atoms with Crippen molar-refractivity contribution in [1.82, 2.24) is 5.48 Å². The summed E-state index contributed by atoms with van der Waals surface area (Å²) in [7, 11) is 3.14. The van der Waals surface area contributed by atoms with Gasteiger partial charge in [-0.3, -0.25) is 14.4 Å².